The zero-order valence-corrected chi connectivity index (χ0v) is 14.2. The molecule has 1 amide bonds. The van der Waals surface area contributed by atoms with Gasteiger partial charge in [-0.2, -0.15) is 0 Å². The van der Waals surface area contributed by atoms with Gasteiger partial charge in [0.1, 0.15) is 5.82 Å². The van der Waals surface area contributed by atoms with Crippen molar-refractivity contribution in [2.45, 2.75) is 18.4 Å². The molecule has 2 aliphatic rings. The Labute approximate surface area is 142 Å². The lowest BCUT2D eigenvalue weighted by atomic mass is 10.1. The van der Waals surface area contributed by atoms with Gasteiger partial charge in [-0.1, -0.05) is 6.07 Å². The fourth-order valence-corrected chi connectivity index (χ4v) is 3.72. The number of hydrogen-bond acceptors (Lipinski definition) is 4. The Morgan fingerprint density at radius 3 is 2.83 bits per heavy atom. The number of likely N-dealkylation sites (N-methyl/N-ethyl adjacent to an activating group) is 1. The van der Waals surface area contributed by atoms with E-state index in [1.165, 1.54) is 5.56 Å². The van der Waals surface area contributed by atoms with Gasteiger partial charge >= 0.3 is 0 Å². The van der Waals surface area contributed by atoms with E-state index < -0.39 is 0 Å². The minimum Gasteiger partial charge on any atom is -0.339 e. The number of carbonyl (C=O) groups is 1. The van der Waals surface area contributed by atoms with E-state index >= 15 is 0 Å². The van der Waals surface area contributed by atoms with Gasteiger partial charge in [0, 0.05) is 57.4 Å². The summed E-state index contributed by atoms with van der Waals surface area (Å²) in [5.41, 5.74) is 1.19. The minimum absolute atomic E-state index is 0.125. The number of piperazine rings is 1. The summed E-state index contributed by atoms with van der Waals surface area (Å²) in [7, 11) is 4.12. The molecule has 126 valence electrons. The fourth-order valence-electron chi connectivity index (χ4n) is 3.72. The number of hydrogen-bond donors (Lipinski definition) is 0. The van der Waals surface area contributed by atoms with E-state index in [1.54, 1.807) is 6.20 Å². The van der Waals surface area contributed by atoms with Crippen molar-refractivity contribution in [3.05, 3.63) is 48.3 Å². The van der Waals surface area contributed by atoms with Crippen molar-refractivity contribution in [2.75, 3.05) is 26.7 Å². The highest BCUT2D eigenvalue weighted by Gasteiger charge is 2.47. The van der Waals surface area contributed by atoms with E-state index in [1.807, 2.05) is 41.2 Å². The molecule has 2 aromatic rings. The summed E-state index contributed by atoms with van der Waals surface area (Å²) in [6, 6.07) is 4.19. The smallest absolute Gasteiger partial charge is 0.226 e. The average molecular weight is 325 g/mol. The van der Waals surface area contributed by atoms with Gasteiger partial charge in [-0.15, -0.1) is 0 Å². The van der Waals surface area contributed by atoms with Crippen LogP contribution in [-0.2, 0) is 11.8 Å². The van der Waals surface area contributed by atoms with Gasteiger partial charge in [-0.25, -0.2) is 4.98 Å². The second kappa shape index (κ2) is 6.02. The molecule has 3 heterocycles. The summed E-state index contributed by atoms with van der Waals surface area (Å²) in [6.07, 6.45) is 8.40. The van der Waals surface area contributed by atoms with Crippen molar-refractivity contribution in [3.8, 4) is 0 Å². The average Bonchev–Trinajstić information content (AvgIpc) is 3.30. The molecule has 24 heavy (non-hydrogen) atoms. The third kappa shape index (κ3) is 2.71. The molecule has 4 rings (SSSR count). The molecular weight excluding hydrogens is 302 g/mol. The van der Waals surface area contributed by atoms with Crippen molar-refractivity contribution < 1.29 is 4.79 Å². The van der Waals surface area contributed by atoms with Gasteiger partial charge in [0.15, 0.2) is 0 Å². The summed E-state index contributed by atoms with van der Waals surface area (Å²) in [4.78, 5) is 25.9. The normalized spacial score (nSPS) is 27.2. The van der Waals surface area contributed by atoms with Crippen molar-refractivity contribution >= 4 is 5.91 Å². The third-order valence-electron chi connectivity index (χ3n) is 5.34. The standard InChI is InChI=1S/C18H23N5O/c1-21-8-9-23(12-16(21)17-20-6-7-22(17)2)18(24)15-10-14(15)13-4-3-5-19-11-13/h3-7,11,14-16H,8-10,12H2,1-2H3/t14-,15+,16-/m0/s1. The zero-order valence-electron chi connectivity index (χ0n) is 14.2. The summed E-state index contributed by atoms with van der Waals surface area (Å²) in [5.74, 6) is 1.78. The SMILES string of the molecule is CN1CCN(C(=O)[C@@H]2C[C@H]2c2cccnc2)C[C@H]1c1nccn1C. The number of aryl methyl sites for hydroxylation is 1. The summed E-state index contributed by atoms with van der Waals surface area (Å²) in [6.45, 7) is 2.40. The van der Waals surface area contributed by atoms with Gasteiger partial charge in [0.05, 0.1) is 6.04 Å². The van der Waals surface area contributed by atoms with Crippen LogP contribution in [0.2, 0.25) is 0 Å². The molecule has 0 bridgehead atoms. The fraction of sp³-hybridized carbons (Fsp3) is 0.500. The van der Waals surface area contributed by atoms with Crippen molar-refractivity contribution in [1.82, 2.24) is 24.3 Å². The first kappa shape index (κ1) is 15.3. The summed E-state index contributed by atoms with van der Waals surface area (Å²) in [5, 5.41) is 0. The first-order valence-corrected chi connectivity index (χ1v) is 8.51. The molecule has 0 radical (unpaired) electrons. The van der Waals surface area contributed by atoms with Gasteiger partial charge in [-0.05, 0) is 31.0 Å². The largest absolute Gasteiger partial charge is 0.339 e. The lowest BCUT2D eigenvalue weighted by molar-refractivity contribution is -0.135. The van der Waals surface area contributed by atoms with Gasteiger partial charge in [0.2, 0.25) is 5.91 Å². The quantitative estimate of drug-likeness (QED) is 0.857. The molecule has 1 saturated heterocycles. The van der Waals surface area contributed by atoms with Crippen LogP contribution in [0.5, 0.6) is 0 Å². The molecule has 2 fully saturated rings. The second-order valence-electron chi connectivity index (χ2n) is 6.91. The van der Waals surface area contributed by atoms with Crippen LogP contribution in [-0.4, -0.2) is 56.9 Å². The number of nitrogens with zero attached hydrogens (tertiary/aromatic N) is 5. The molecule has 0 N–H and O–H groups in total. The minimum atomic E-state index is 0.125. The molecule has 6 heteroatoms. The monoisotopic (exact) mass is 325 g/mol. The maximum Gasteiger partial charge on any atom is 0.226 e. The Morgan fingerprint density at radius 1 is 1.25 bits per heavy atom. The van der Waals surface area contributed by atoms with Crippen molar-refractivity contribution in [1.29, 1.82) is 0 Å². The molecule has 6 nitrogen and oxygen atoms in total. The van der Waals surface area contributed by atoms with E-state index in [0.717, 1.165) is 31.9 Å². The van der Waals surface area contributed by atoms with E-state index in [4.69, 9.17) is 0 Å². The van der Waals surface area contributed by atoms with Gasteiger partial charge in [-0.3, -0.25) is 14.7 Å². The van der Waals surface area contributed by atoms with Crippen molar-refractivity contribution in [2.24, 2.45) is 13.0 Å². The predicted molar refractivity (Wildman–Crippen MR) is 90.2 cm³/mol. The van der Waals surface area contributed by atoms with Crippen LogP contribution in [0.25, 0.3) is 0 Å². The van der Waals surface area contributed by atoms with Crippen LogP contribution >= 0.6 is 0 Å². The van der Waals surface area contributed by atoms with Crippen molar-refractivity contribution in [3.63, 3.8) is 0 Å². The Bertz CT molecular complexity index is 728. The number of imidazole rings is 1. The van der Waals surface area contributed by atoms with Crippen LogP contribution in [0.3, 0.4) is 0 Å². The first-order valence-electron chi connectivity index (χ1n) is 8.51. The molecule has 1 aliphatic carbocycles. The third-order valence-corrected chi connectivity index (χ3v) is 5.34. The van der Waals surface area contributed by atoms with E-state index in [2.05, 4.69) is 28.0 Å². The van der Waals surface area contributed by atoms with Crippen LogP contribution in [0.4, 0.5) is 0 Å². The lowest BCUT2D eigenvalue weighted by Gasteiger charge is -2.39. The van der Waals surface area contributed by atoms with E-state index in [0.29, 0.717) is 5.92 Å². The highest BCUT2D eigenvalue weighted by molar-refractivity contribution is 5.83. The molecule has 0 spiro atoms. The van der Waals surface area contributed by atoms with Gasteiger partial charge < -0.3 is 9.47 Å². The molecule has 2 aromatic heterocycles. The highest BCUT2D eigenvalue weighted by atomic mass is 16.2. The molecular formula is C18H23N5O. The number of amides is 1. The number of pyridine rings is 1. The van der Waals surface area contributed by atoms with Crippen LogP contribution in [0, 0.1) is 5.92 Å². The van der Waals surface area contributed by atoms with E-state index in [-0.39, 0.29) is 17.9 Å². The Balaban J connectivity index is 1.45. The molecule has 1 aliphatic heterocycles. The first-order chi connectivity index (χ1) is 11.6. The summed E-state index contributed by atoms with van der Waals surface area (Å²) >= 11 is 0. The number of rotatable bonds is 3. The molecule has 0 unspecified atom stereocenters. The Morgan fingerprint density at radius 2 is 2.12 bits per heavy atom. The van der Waals surface area contributed by atoms with Crippen LogP contribution in [0.15, 0.2) is 36.9 Å². The topological polar surface area (TPSA) is 54.3 Å². The summed E-state index contributed by atoms with van der Waals surface area (Å²) < 4.78 is 2.05. The molecule has 0 aromatic carbocycles. The number of aromatic nitrogens is 3. The predicted octanol–water partition coefficient (Wildman–Crippen LogP) is 1.43. The maximum atomic E-state index is 12.9. The number of carbonyl (C=O) groups excluding carboxylic acids is 1. The molecule has 3 atom stereocenters. The zero-order chi connectivity index (χ0) is 16.7. The van der Waals surface area contributed by atoms with E-state index in [9.17, 15) is 4.79 Å². The molecule has 1 saturated carbocycles. The van der Waals surface area contributed by atoms with Crippen LogP contribution in [0.1, 0.15) is 29.8 Å². The Kier molecular flexibility index (Phi) is 3.84. The lowest BCUT2D eigenvalue weighted by Crippen LogP contribution is -2.50. The second-order valence-corrected chi connectivity index (χ2v) is 6.91. The maximum absolute atomic E-state index is 12.9. The Hall–Kier alpha value is -2.21. The highest BCUT2D eigenvalue weighted by Crippen LogP contribution is 2.48. The van der Waals surface area contributed by atoms with Crippen LogP contribution < -0.4 is 0 Å². The van der Waals surface area contributed by atoms with Gasteiger partial charge in [0.25, 0.3) is 0 Å².